The van der Waals surface area contributed by atoms with Crippen LogP contribution in [-0.2, 0) is 28.1 Å². The first-order chi connectivity index (χ1) is 14.0. The number of carbonyl (C=O) groups is 3. The third kappa shape index (κ3) is 3.50. The standard InChI is InChI=1S/C23H25N3O3/c1-25(15-17-9-3-2-4-10-17)20(27)16-26-21(28)23(24-22(26)29)14-8-7-12-18-11-5-6-13-19(18)23/h2-6,9-11,13H,7-8,12,14-16H2,1H3,(H,24,29). The predicted octanol–water partition coefficient (Wildman–Crippen LogP) is 2.82. The Hall–Kier alpha value is -3.15. The highest BCUT2D eigenvalue weighted by molar-refractivity contribution is 6.09. The summed E-state index contributed by atoms with van der Waals surface area (Å²) in [5.41, 5.74) is 1.90. The van der Waals surface area contributed by atoms with Crippen LogP contribution in [0.2, 0.25) is 0 Å². The Labute approximate surface area is 170 Å². The molecule has 2 aromatic rings. The minimum absolute atomic E-state index is 0.252. The summed E-state index contributed by atoms with van der Waals surface area (Å²) in [6, 6.07) is 16.9. The van der Waals surface area contributed by atoms with Crippen molar-refractivity contribution in [1.29, 1.82) is 0 Å². The predicted molar refractivity (Wildman–Crippen MR) is 109 cm³/mol. The SMILES string of the molecule is CN(Cc1ccccc1)C(=O)CN1C(=O)NC2(CCCCc3ccccc32)C1=O. The summed E-state index contributed by atoms with van der Waals surface area (Å²) in [6.07, 6.45) is 3.26. The molecule has 0 saturated carbocycles. The molecule has 6 nitrogen and oxygen atoms in total. The zero-order valence-electron chi connectivity index (χ0n) is 16.6. The molecule has 150 valence electrons. The van der Waals surface area contributed by atoms with Crippen LogP contribution in [0.25, 0.3) is 0 Å². The van der Waals surface area contributed by atoms with Crippen molar-refractivity contribution in [2.75, 3.05) is 13.6 Å². The molecule has 2 aliphatic rings. The van der Waals surface area contributed by atoms with Crippen LogP contribution in [-0.4, -0.2) is 41.2 Å². The van der Waals surface area contributed by atoms with E-state index in [1.165, 1.54) is 0 Å². The summed E-state index contributed by atoms with van der Waals surface area (Å²) < 4.78 is 0. The van der Waals surface area contributed by atoms with E-state index >= 15 is 0 Å². The number of carbonyl (C=O) groups excluding carboxylic acids is 3. The Kier molecular flexibility index (Phi) is 5.09. The summed E-state index contributed by atoms with van der Waals surface area (Å²) in [5, 5.41) is 2.93. The summed E-state index contributed by atoms with van der Waals surface area (Å²) >= 11 is 0. The van der Waals surface area contributed by atoms with Crippen LogP contribution in [0.4, 0.5) is 4.79 Å². The maximum absolute atomic E-state index is 13.4. The number of fused-ring (bicyclic) bond motifs is 2. The molecule has 1 fully saturated rings. The Morgan fingerprint density at radius 1 is 1.07 bits per heavy atom. The number of benzene rings is 2. The molecular weight excluding hydrogens is 366 g/mol. The molecule has 1 heterocycles. The van der Waals surface area contributed by atoms with E-state index in [-0.39, 0.29) is 18.4 Å². The number of aryl methyl sites for hydroxylation is 1. The Balaban J connectivity index is 1.54. The second kappa shape index (κ2) is 7.70. The van der Waals surface area contributed by atoms with Gasteiger partial charge in [-0.05, 0) is 42.4 Å². The van der Waals surface area contributed by atoms with Crippen LogP contribution in [0.15, 0.2) is 54.6 Å². The minimum Gasteiger partial charge on any atom is -0.340 e. The Morgan fingerprint density at radius 3 is 2.59 bits per heavy atom. The quantitative estimate of drug-likeness (QED) is 0.815. The van der Waals surface area contributed by atoms with Crippen LogP contribution in [0, 0.1) is 0 Å². The monoisotopic (exact) mass is 391 g/mol. The third-order valence-corrected chi connectivity index (χ3v) is 5.88. The summed E-state index contributed by atoms with van der Waals surface area (Å²) in [5.74, 6) is -0.588. The first-order valence-electron chi connectivity index (χ1n) is 10.0. The van der Waals surface area contributed by atoms with Crippen molar-refractivity contribution >= 4 is 17.8 Å². The van der Waals surface area contributed by atoms with Gasteiger partial charge in [0, 0.05) is 13.6 Å². The highest BCUT2D eigenvalue weighted by atomic mass is 16.2. The molecular formula is C23H25N3O3. The van der Waals surface area contributed by atoms with Crippen LogP contribution in [0.1, 0.15) is 36.0 Å². The lowest BCUT2D eigenvalue weighted by molar-refractivity contribution is -0.139. The van der Waals surface area contributed by atoms with E-state index in [0.29, 0.717) is 13.0 Å². The maximum atomic E-state index is 13.4. The molecule has 1 unspecified atom stereocenters. The molecule has 6 heteroatoms. The topological polar surface area (TPSA) is 69.7 Å². The average Bonchev–Trinajstić information content (AvgIpc) is 2.87. The minimum atomic E-state index is -1.05. The normalized spacial score (nSPS) is 20.9. The van der Waals surface area contributed by atoms with Crippen molar-refractivity contribution in [2.24, 2.45) is 0 Å². The van der Waals surface area contributed by atoms with Gasteiger partial charge in [-0.25, -0.2) is 4.79 Å². The number of nitrogens with one attached hydrogen (secondary N) is 1. The van der Waals surface area contributed by atoms with Crippen molar-refractivity contribution < 1.29 is 14.4 Å². The van der Waals surface area contributed by atoms with Gasteiger partial charge in [-0.15, -0.1) is 0 Å². The summed E-state index contributed by atoms with van der Waals surface area (Å²) in [4.78, 5) is 41.5. The van der Waals surface area contributed by atoms with E-state index in [4.69, 9.17) is 0 Å². The molecule has 0 radical (unpaired) electrons. The fourth-order valence-corrected chi connectivity index (χ4v) is 4.32. The number of amides is 4. The second-order valence-corrected chi connectivity index (χ2v) is 7.83. The van der Waals surface area contributed by atoms with Gasteiger partial charge in [0.2, 0.25) is 5.91 Å². The zero-order chi connectivity index (χ0) is 20.4. The molecule has 29 heavy (non-hydrogen) atoms. The molecule has 4 amide bonds. The van der Waals surface area contributed by atoms with Gasteiger partial charge >= 0.3 is 6.03 Å². The van der Waals surface area contributed by atoms with Gasteiger partial charge in [-0.2, -0.15) is 0 Å². The van der Waals surface area contributed by atoms with Gasteiger partial charge in [0.05, 0.1) is 0 Å². The van der Waals surface area contributed by atoms with Crippen molar-refractivity contribution in [3.63, 3.8) is 0 Å². The second-order valence-electron chi connectivity index (χ2n) is 7.83. The first kappa shape index (κ1) is 19.2. The lowest BCUT2D eigenvalue weighted by atomic mass is 9.84. The zero-order valence-corrected chi connectivity index (χ0v) is 16.6. The van der Waals surface area contributed by atoms with Gasteiger partial charge in [-0.1, -0.05) is 54.6 Å². The van der Waals surface area contributed by atoms with Gasteiger partial charge in [0.15, 0.2) is 0 Å². The molecule has 1 atom stereocenters. The first-order valence-corrected chi connectivity index (χ1v) is 10.0. The molecule has 1 N–H and O–H groups in total. The van der Waals surface area contributed by atoms with Crippen LogP contribution < -0.4 is 5.32 Å². The molecule has 1 aliphatic heterocycles. The molecule has 4 rings (SSSR count). The van der Waals surface area contributed by atoms with E-state index in [9.17, 15) is 14.4 Å². The van der Waals surface area contributed by atoms with E-state index in [0.717, 1.165) is 40.9 Å². The molecule has 1 saturated heterocycles. The van der Waals surface area contributed by atoms with Gasteiger partial charge in [0.1, 0.15) is 12.1 Å². The van der Waals surface area contributed by atoms with Crippen LogP contribution >= 0.6 is 0 Å². The maximum Gasteiger partial charge on any atom is 0.325 e. The van der Waals surface area contributed by atoms with Crippen molar-refractivity contribution in [2.45, 2.75) is 37.8 Å². The Morgan fingerprint density at radius 2 is 1.79 bits per heavy atom. The van der Waals surface area contributed by atoms with Crippen molar-refractivity contribution in [3.8, 4) is 0 Å². The number of hydrogen-bond donors (Lipinski definition) is 1. The van der Waals surface area contributed by atoms with Crippen molar-refractivity contribution in [1.82, 2.24) is 15.1 Å². The lowest BCUT2D eigenvalue weighted by Crippen LogP contribution is -2.45. The largest absolute Gasteiger partial charge is 0.340 e. The van der Waals surface area contributed by atoms with Crippen molar-refractivity contribution in [3.05, 3.63) is 71.3 Å². The van der Waals surface area contributed by atoms with Crippen LogP contribution in [0.5, 0.6) is 0 Å². The molecule has 0 aromatic heterocycles. The number of urea groups is 1. The average molecular weight is 391 g/mol. The van der Waals surface area contributed by atoms with E-state index in [1.54, 1.807) is 11.9 Å². The van der Waals surface area contributed by atoms with Gasteiger partial charge in [0.25, 0.3) is 5.91 Å². The van der Waals surface area contributed by atoms with Gasteiger partial charge < -0.3 is 10.2 Å². The lowest BCUT2D eigenvalue weighted by Gasteiger charge is -2.27. The highest BCUT2D eigenvalue weighted by Gasteiger charge is 2.53. The molecule has 1 spiro atoms. The fourth-order valence-electron chi connectivity index (χ4n) is 4.32. The fraction of sp³-hybridized carbons (Fsp3) is 0.348. The Bertz CT molecular complexity index is 943. The van der Waals surface area contributed by atoms with E-state index in [2.05, 4.69) is 5.32 Å². The smallest absolute Gasteiger partial charge is 0.325 e. The third-order valence-electron chi connectivity index (χ3n) is 5.88. The molecule has 0 bridgehead atoms. The highest BCUT2D eigenvalue weighted by Crippen LogP contribution is 2.38. The molecule has 1 aliphatic carbocycles. The van der Waals surface area contributed by atoms with E-state index in [1.807, 2.05) is 54.6 Å². The summed E-state index contributed by atoms with van der Waals surface area (Å²) in [7, 11) is 1.69. The van der Waals surface area contributed by atoms with Gasteiger partial charge in [-0.3, -0.25) is 14.5 Å². The summed E-state index contributed by atoms with van der Waals surface area (Å²) in [6.45, 7) is 0.176. The van der Waals surface area contributed by atoms with E-state index < -0.39 is 11.6 Å². The molecule has 2 aromatic carbocycles. The number of imide groups is 1. The number of nitrogens with zero attached hydrogens (tertiary/aromatic N) is 2. The number of hydrogen-bond acceptors (Lipinski definition) is 3. The number of rotatable bonds is 4. The number of likely N-dealkylation sites (N-methyl/N-ethyl adjacent to an activating group) is 1. The van der Waals surface area contributed by atoms with Crippen LogP contribution in [0.3, 0.4) is 0 Å².